The number of piperazine rings is 1. The molecule has 8 heteroatoms. The van der Waals surface area contributed by atoms with Crippen LogP contribution in [0.15, 0.2) is 60.3 Å². The molecule has 0 spiro atoms. The number of allylic oxidation sites excluding steroid dienone is 1. The monoisotopic (exact) mass is 449 g/mol. The zero-order valence-electron chi connectivity index (χ0n) is 18.3. The van der Waals surface area contributed by atoms with Crippen LogP contribution in [-0.2, 0) is 16.6 Å². The van der Waals surface area contributed by atoms with E-state index in [0.717, 1.165) is 55.8 Å². The molecule has 0 amide bonds. The van der Waals surface area contributed by atoms with Gasteiger partial charge in [-0.1, -0.05) is 30.3 Å². The Labute approximate surface area is 189 Å². The molecule has 7 nitrogen and oxygen atoms in total. The van der Waals surface area contributed by atoms with Crippen molar-refractivity contribution >= 4 is 27.5 Å². The summed E-state index contributed by atoms with van der Waals surface area (Å²) < 4.78 is 27.5. The van der Waals surface area contributed by atoms with Crippen LogP contribution in [0.5, 0.6) is 0 Å². The van der Waals surface area contributed by atoms with Crippen molar-refractivity contribution in [2.45, 2.75) is 13.5 Å². The van der Waals surface area contributed by atoms with E-state index in [2.05, 4.69) is 54.6 Å². The van der Waals surface area contributed by atoms with Gasteiger partial charge in [0.15, 0.2) is 0 Å². The molecule has 0 bridgehead atoms. The molecular formula is C24H27N5O2S. The van der Waals surface area contributed by atoms with Crippen LogP contribution in [0.3, 0.4) is 0 Å². The van der Waals surface area contributed by atoms with Crippen molar-refractivity contribution in [3.63, 3.8) is 0 Å². The Kier molecular flexibility index (Phi) is 5.17. The fourth-order valence-electron chi connectivity index (χ4n) is 4.53. The van der Waals surface area contributed by atoms with Crippen LogP contribution in [0, 0.1) is 6.92 Å². The summed E-state index contributed by atoms with van der Waals surface area (Å²) in [5, 5.41) is 4.56. The Morgan fingerprint density at radius 1 is 0.938 bits per heavy atom. The van der Waals surface area contributed by atoms with E-state index < -0.39 is 10.0 Å². The van der Waals surface area contributed by atoms with E-state index in [1.54, 1.807) is 0 Å². The molecule has 2 aliphatic rings. The predicted octanol–water partition coefficient (Wildman–Crippen LogP) is 3.41. The fraction of sp³-hybridized carbons (Fsp3) is 0.292. The summed E-state index contributed by atoms with van der Waals surface area (Å²) in [6, 6.07) is 18.1. The van der Waals surface area contributed by atoms with E-state index in [4.69, 9.17) is 0 Å². The Bertz CT molecular complexity index is 1270. The Hall–Kier alpha value is -3.26. The molecule has 1 N–H and O–H groups in total. The Balaban J connectivity index is 1.30. The van der Waals surface area contributed by atoms with Gasteiger partial charge in [-0.25, -0.2) is 8.42 Å². The molecule has 0 atom stereocenters. The SMILES string of the molecule is Cc1cc2n(n1)CC(N1CCN(c3ccccc3-c3ccc(NS(C)(=O)=O)cc3)CC1)=C2. The number of sulfonamides is 1. The van der Waals surface area contributed by atoms with Crippen LogP contribution in [0.2, 0.25) is 0 Å². The first-order valence-electron chi connectivity index (χ1n) is 10.8. The number of hydrogen-bond acceptors (Lipinski definition) is 5. The lowest BCUT2D eigenvalue weighted by Crippen LogP contribution is -2.46. The van der Waals surface area contributed by atoms with Gasteiger partial charge < -0.3 is 9.80 Å². The second-order valence-corrected chi connectivity index (χ2v) is 10.2. The normalized spacial score (nSPS) is 16.1. The van der Waals surface area contributed by atoms with Crippen LogP contribution in [-0.4, -0.2) is 55.5 Å². The largest absolute Gasteiger partial charge is 0.370 e. The summed E-state index contributed by atoms with van der Waals surface area (Å²) in [7, 11) is -3.28. The number of nitrogens with zero attached hydrogens (tertiary/aromatic N) is 4. The molecule has 5 rings (SSSR count). The summed E-state index contributed by atoms with van der Waals surface area (Å²) in [6.07, 6.45) is 3.42. The third-order valence-corrected chi connectivity index (χ3v) is 6.60. The van der Waals surface area contributed by atoms with Crippen LogP contribution in [0.4, 0.5) is 11.4 Å². The van der Waals surface area contributed by atoms with Crippen LogP contribution < -0.4 is 9.62 Å². The maximum Gasteiger partial charge on any atom is 0.229 e. The molecule has 2 aromatic carbocycles. The Morgan fingerprint density at radius 2 is 1.62 bits per heavy atom. The van der Waals surface area contributed by atoms with Gasteiger partial charge in [-0.3, -0.25) is 9.40 Å². The summed E-state index contributed by atoms with van der Waals surface area (Å²) in [5.41, 5.74) is 7.61. The molecule has 32 heavy (non-hydrogen) atoms. The molecule has 3 heterocycles. The van der Waals surface area contributed by atoms with Crippen molar-refractivity contribution < 1.29 is 8.42 Å². The van der Waals surface area contributed by atoms with Crippen LogP contribution in [0.25, 0.3) is 17.2 Å². The van der Waals surface area contributed by atoms with Crippen molar-refractivity contribution in [1.82, 2.24) is 14.7 Å². The van der Waals surface area contributed by atoms with Gasteiger partial charge in [-0.2, -0.15) is 5.10 Å². The third-order valence-electron chi connectivity index (χ3n) is 5.99. The summed E-state index contributed by atoms with van der Waals surface area (Å²) >= 11 is 0. The first-order chi connectivity index (χ1) is 15.4. The van der Waals surface area contributed by atoms with Gasteiger partial charge in [0, 0.05) is 48.8 Å². The molecule has 3 aromatic rings. The van der Waals surface area contributed by atoms with Gasteiger partial charge in [0.2, 0.25) is 10.0 Å². The van der Waals surface area contributed by atoms with E-state index in [1.807, 2.05) is 37.3 Å². The lowest BCUT2D eigenvalue weighted by atomic mass is 10.0. The highest BCUT2D eigenvalue weighted by molar-refractivity contribution is 7.92. The van der Waals surface area contributed by atoms with E-state index in [-0.39, 0.29) is 0 Å². The highest BCUT2D eigenvalue weighted by atomic mass is 32.2. The minimum Gasteiger partial charge on any atom is -0.370 e. The maximum absolute atomic E-state index is 11.5. The zero-order valence-corrected chi connectivity index (χ0v) is 19.1. The molecule has 2 aliphatic heterocycles. The van der Waals surface area contributed by atoms with Crippen molar-refractivity contribution in [1.29, 1.82) is 0 Å². The van der Waals surface area contributed by atoms with Crippen molar-refractivity contribution in [2.75, 3.05) is 42.1 Å². The number of anilines is 2. The van der Waals surface area contributed by atoms with Gasteiger partial charge >= 0.3 is 0 Å². The van der Waals surface area contributed by atoms with Crippen LogP contribution in [0.1, 0.15) is 11.4 Å². The molecule has 0 aliphatic carbocycles. The first kappa shape index (κ1) is 20.6. The van der Waals surface area contributed by atoms with Crippen molar-refractivity contribution in [2.24, 2.45) is 0 Å². The molecule has 0 saturated carbocycles. The molecule has 1 saturated heterocycles. The standard InChI is InChI=1S/C24H27N5O2S/c1-18-15-21-16-22(17-29(21)25-18)27-11-13-28(14-12-27)24-6-4-3-5-23(24)19-7-9-20(10-8-19)26-32(2,30)31/h3-10,15-16,26H,11-14,17H2,1-2H3. The lowest BCUT2D eigenvalue weighted by molar-refractivity contribution is 0.309. The van der Waals surface area contributed by atoms with Gasteiger partial charge in [-0.05, 0) is 42.8 Å². The summed E-state index contributed by atoms with van der Waals surface area (Å²) in [6.45, 7) is 6.73. The number of benzene rings is 2. The topological polar surface area (TPSA) is 70.5 Å². The average Bonchev–Trinajstić information content (AvgIpc) is 3.31. The second-order valence-electron chi connectivity index (χ2n) is 8.45. The summed E-state index contributed by atoms with van der Waals surface area (Å²) in [4.78, 5) is 4.90. The number of rotatable bonds is 5. The Morgan fingerprint density at radius 3 is 2.31 bits per heavy atom. The minimum absolute atomic E-state index is 0.572. The molecule has 0 unspecified atom stereocenters. The number of hydrogen-bond donors (Lipinski definition) is 1. The number of para-hydroxylation sites is 1. The van der Waals surface area contributed by atoms with E-state index >= 15 is 0 Å². The molecule has 1 aromatic heterocycles. The highest BCUT2D eigenvalue weighted by Crippen LogP contribution is 2.33. The van der Waals surface area contributed by atoms with Crippen molar-refractivity contribution in [3.8, 4) is 11.1 Å². The second kappa shape index (κ2) is 8.02. The van der Waals surface area contributed by atoms with Crippen molar-refractivity contribution in [3.05, 3.63) is 71.7 Å². The molecule has 1 fully saturated rings. The van der Waals surface area contributed by atoms with Gasteiger partial charge in [0.1, 0.15) is 0 Å². The average molecular weight is 450 g/mol. The number of nitrogens with one attached hydrogen (secondary N) is 1. The van der Waals surface area contributed by atoms with Gasteiger partial charge in [0.25, 0.3) is 0 Å². The highest BCUT2D eigenvalue weighted by Gasteiger charge is 2.24. The predicted molar refractivity (Wildman–Crippen MR) is 129 cm³/mol. The van der Waals surface area contributed by atoms with Crippen LogP contribution >= 0.6 is 0 Å². The molecular weight excluding hydrogens is 422 g/mol. The van der Waals surface area contributed by atoms with E-state index in [0.29, 0.717) is 5.69 Å². The zero-order chi connectivity index (χ0) is 22.3. The third kappa shape index (κ3) is 4.23. The smallest absolute Gasteiger partial charge is 0.229 e. The molecule has 0 radical (unpaired) electrons. The number of aryl methyl sites for hydroxylation is 1. The molecule has 166 valence electrons. The number of aromatic nitrogens is 2. The van der Waals surface area contributed by atoms with E-state index in [1.165, 1.54) is 17.1 Å². The number of fused-ring (bicyclic) bond motifs is 1. The minimum atomic E-state index is -3.28. The quantitative estimate of drug-likeness (QED) is 0.647. The first-order valence-corrected chi connectivity index (χ1v) is 12.7. The van der Waals surface area contributed by atoms with Gasteiger partial charge in [-0.15, -0.1) is 0 Å². The maximum atomic E-state index is 11.5. The van der Waals surface area contributed by atoms with E-state index in [9.17, 15) is 8.42 Å². The fourth-order valence-corrected chi connectivity index (χ4v) is 5.09. The summed E-state index contributed by atoms with van der Waals surface area (Å²) in [5.74, 6) is 0. The van der Waals surface area contributed by atoms with Gasteiger partial charge in [0.05, 0.1) is 24.2 Å². The lowest BCUT2D eigenvalue weighted by Gasteiger charge is -2.38.